The van der Waals surface area contributed by atoms with E-state index in [2.05, 4.69) is 33.9 Å². The van der Waals surface area contributed by atoms with Gasteiger partial charge in [0.05, 0.1) is 16.8 Å². The molecule has 0 bridgehead atoms. The SMILES string of the molecule is CCCCNc1ccc2ncc(C(=O)NC(C)(C)C)c(Nc3ccccc3)c2c1. The van der Waals surface area contributed by atoms with Gasteiger partial charge in [0.2, 0.25) is 0 Å². The summed E-state index contributed by atoms with van der Waals surface area (Å²) in [6.45, 7) is 9.01. The Balaban J connectivity index is 2.08. The molecule has 5 nitrogen and oxygen atoms in total. The minimum absolute atomic E-state index is 0.144. The van der Waals surface area contributed by atoms with Crippen molar-refractivity contribution in [3.8, 4) is 0 Å². The van der Waals surface area contributed by atoms with Crippen LogP contribution in [0, 0.1) is 0 Å². The van der Waals surface area contributed by atoms with E-state index in [1.165, 1.54) is 0 Å². The number of carbonyl (C=O) groups is 1. The molecular weight excluding hydrogens is 360 g/mol. The van der Waals surface area contributed by atoms with Gasteiger partial charge in [-0.05, 0) is 57.5 Å². The predicted octanol–water partition coefficient (Wildman–Crippen LogP) is 5.72. The Morgan fingerprint density at radius 2 is 1.79 bits per heavy atom. The summed E-state index contributed by atoms with van der Waals surface area (Å²) < 4.78 is 0. The zero-order valence-electron chi connectivity index (χ0n) is 17.7. The van der Waals surface area contributed by atoms with Crippen molar-refractivity contribution in [2.24, 2.45) is 0 Å². The Hall–Kier alpha value is -3.08. The maximum absolute atomic E-state index is 13.0. The minimum Gasteiger partial charge on any atom is -0.385 e. The molecule has 0 aliphatic carbocycles. The fourth-order valence-electron chi connectivity index (χ4n) is 3.09. The van der Waals surface area contributed by atoms with Crippen LogP contribution in [-0.4, -0.2) is 23.0 Å². The highest BCUT2D eigenvalue weighted by Crippen LogP contribution is 2.31. The Morgan fingerprint density at radius 1 is 1.03 bits per heavy atom. The van der Waals surface area contributed by atoms with Crippen LogP contribution in [0.1, 0.15) is 50.9 Å². The number of fused-ring (bicyclic) bond motifs is 1. The van der Waals surface area contributed by atoms with Gasteiger partial charge in [0.15, 0.2) is 0 Å². The summed E-state index contributed by atoms with van der Waals surface area (Å²) >= 11 is 0. The van der Waals surface area contributed by atoms with Crippen LogP contribution < -0.4 is 16.0 Å². The third-order valence-corrected chi connectivity index (χ3v) is 4.50. The molecule has 0 aliphatic heterocycles. The molecule has 152 valence electrons. The average Bonchev–Trinajstić information content (AvgIpc) is 2.68. The van der Waals surface area contributed by atoms with E-state index in [9.17, 15) is 4.79 Å². The van der Waals surface area contributed by atoms with Crippen LogP contribution >= 0.6 is 0 Å². The second-order valence-electron chi connectivity index (χ2n) is 8.25. The number of nitrogens with one attached hydrogen (secondary N) is 3. The van der Waals surface area contributed by atoms with Crippen molar-refractivity contribution in [3.63, 3.8) is 0 Å². The number of nitrogens with zero attached hydrogens (tertiary/aromatic N) is 1. The number of unbranched alkanes of at least 4 members (excludes halogenated alkanes) is 1. The molecule has 29 heavy (non-hydrogen) atoms. The van der Waals surface area contributed by atoms with Crippen molar-refractivity contribution in [3.05, 3.63) is 60.3 Å². The second-order valence-corrected chi connectivity index (χ2v) is 8.25. The average molecular weight is 391 g/mol. The molecule has 0 saturated carbocycles. The largest absolute Gasteiger partial charge is 0.385 e. The highest BCUT2D eigenvalue weighted by molar-refractivity contribution is 6.08. The molecule has 1 amide bonds. The van der Waals surface area contributed by atoms with Crippen LogP contribution in [-0.2, 0) is 0 Å². The van der Waals surface area contributed by atoms with E-state index in [4.69, 9.17) is 0 Å². The summed E-state index contributed by atoms with van der Waals surface area (Å²) in [5.74, 6) is -0.144. The zero-order chi connectivity index (χ0) is 20.9. The molecule has 0 aliphatic rings. The topological polar surface area (TPSA) is 66.0 Å². The smallest absolute Gasteiger partial charge is 0.255 e. The van der Waals surface area contributed by atoms with Gasteiger partial charge in [-0.1, -0.05) is 31.5 Å². The van der Waals surface area contributed by atoms with Gasteiger partial charge in [-0.25, -0.2) is 0 Å². The van der Waals surface area contributed by atoms with E-state index in [1.807, 2.05) is 63.2 Å². The third kappa shape index (κ3) is 5.47. The normalized spacial score (nSPS) is 11.3. The molecule has 0 spiro atoms. The van der Waals surface area contributed by atoms with Crippen LogP contribution in [0.2, 0.25) is 0 Å². The summed E-state index contributed by atoms with van der Waals surface area (Å²) in [4.78, 5) is 17.5. The summed E-state index contributed by atoms with van der Waals surface area (Å²) in [6, 6.07) is 16.0. The van der Waals surface area contributed by atoms with E-state index < -0.39 is 0 Å². The summed E-state index contributed by atoms with van der Waals surface area (Å²) in [5, 5.41) is 10.9. The molecule has 1 heterocycles. The molecular formula is C24H30N4O. The monoisotopic (exact) mass is 390 g/mol. The molecule has 3 rings (SSSR count). The lowest BCUT2D eigenvalue weighted by Crippen LogP contribution is -2.40. The van der Waals surface area contributed by atoms with Crippen LogP contribution in [0.5, 0.6) is 0 Å². The minimum atomic E-state index is -0.334. The Bertz CT molecular complexity index is 977. The Morgan fingerprint density at radius 3 is 2.48 bits per heavy atom. The summed E-state index contributed by atoms with van der Waals surface area (Å²) in [7, 11) is 0. The fourth-order valence-corrected chi connectivity index (χ4v) is 3.09. The maximum Gasteiger partial charge on any atom is 0.255 e. The van der Waals surface area contributed by atoms with E-state index in [-0.39, 0.29) is 11.4 Å². The van der Waals surface area contributed by atoms with E-state index in [0.29, 0.717) is 5.56 Å². The Kier molecular flexibility index (Phi) is 6.37. The molecule has 0 unspecified atom stereocenters. The number of aromatic nitrogens is 1. The van der Waals surface area contributed by atoms with Gasteiger partial charge in [-0.15, -0.1) is 0 Å². The van der Waals surface area contributed by atoms with Crippen molar-refractivity contribution in [1.29, 1.82) is 0 Å². The Labute approximate surface area is 172 Å². The number of hydrogen-bond donors (Lipinski definition) is 3. The lowest BCUT2D eigenvalue weighted by molar-refractivity contribution is 0.0920. The van der Waals surface area contributed by atoms with E-state index in [1.54, 1.807) is 6.20 Å². The van der Waals surface area contributed by atoms with Gasteiger partial charge in [0, 0.05) is 35.0 Å². The maximum atomic E-state index is 13.0. The fraction of sp³-hybridized carbons (Fsp3) is 0.333. The van der Waals surface area contributed by atoms with Gasteiger partial charge in [-0.3, -0.25) is 9.78 Å². The lowest BCUT2D eigenvalue weighted by atomic mass is 10.0. The van der Waals surface area contributed by atoms with Gasteiger partial charge in [-0.2, -0.15) is 0 Å². The highest BCUT2D eigenvalue weighted by Gasteiger charge is 2.20. The number of hydrogen-bond acceptors (Lipinski definition) is 4. The molecule has 1 aromatic heterocycles. The molecule has 0 saturated heterocycles. The van der Waals surface area contributed by atoms with E-state index >= 15 is 0 Å². The zero-order valence-corrected chi connectivity index (χ0v) is 17.7. The van der Waals surface area contributed by atoms with E-state index in [0.717, 1.165) is 47.4 Å². The first-order chi connectivity index (χ1) is 13.9. The molecule has 3 aromatic rings. The van der Waals surface area contributed by atoms with Crippen molar-refractivity contribution in [2.75, 3.05) is 17.2 Å². The number of carbonyl (C=O) groups excluding carboxylic acids is 1. The summed E-state index contributed by atoms with van der Waals surface area (Å²) in [5.41, 5.74) is 3.76. The number of rotatable bonds is 7. The van der Waals surface area contributed by atoms with Crippen LogP contribution in [0.15, 0.2) is 54.7 Å². The first-order valence-corrected chi connectivity index (χ1v) is 10.2. The van der Waals surface area contributed by atoms with Gasteiger partial charge >= 0.3 is 0 Å². The van der Waals surface area contributed by atoms with Gasteiger partial charge in [0.25, 0.3) is 5.91 Å². The molecule has 5 heteroatoms. The molecule has 0 atom stereocenters. The van der Waals surface area contributed by atoms with Crippen molar-refractivity contribution < 1.29 is 4.79 Å². The number of benzene rings is 2. The second kappa shape index (κ2) is 8.95. The van der Waals surface area contributed by atoms with Crippen LogP contribution in [0.4, 0.5) is 17.1 Å². The molecule has 0 radical (unpaired) electrons. The van der Waals surface area contributed by atoms with Crippen LogP contribution in [0.25, 0.3) is 10.9 Å². The lowest BCUT2D eigenvalue weighted by Gasteiger charge is -2.22. The number of amides is 1. The standard InChI is InChI=1S/C24H30N4O/c1-5-6-14-25-18-12-13-21-19(15-18)22(27-17-10-8-7-9-11-17)20(16-26-21)23(29)28-24(2,3)4/h7-13,15-16,25H,5-6,14H2,1-4H3,(H,26,27)(H,28,29). The number of anilines is 3. The van der Waals surface area contributed by atoms with Crippen molar-refractivity contribution in [2.45, 2.75) is 46.1 Å². The first kappa shape index (κ1) is 20.6. The van der Waals surface area contributed by atoms with Crippen molar-refractivity contribution >= 4 is 33.9 Å². The molecule has 2 aromatic carbocycles. The first-order valence-electron chi connectivity index (χ1n) is 10.2. The highest BCUT2D eigenvalue weighted by atomic mass is 16.1. The third-order valence-electron chi connectivity index (χ3n) is 4.50. The predicted molar refractivity (Wildman–Crippen MR) is 122 cm³/mol. The quantitative estimate of drug-likeness (QED) is 0.452. The van der Waals surface area contributed by atoms with Crippen LogP contribution in [0.3, 0.4) is 0 Å². The van der Waals surface area contributed by atoms with Gasteiger partial charge < -0.3 is 16.0 Å². The number of para-hydroxylation sites is 1. The summed E-state index contributed by atoms with van der Waals surface area (Å²) in [6.07, 6.45) is 3.90. The molecule has 3 N–H and O–H groups in total. The number of pyridine rings is 1. The van der Waals surface area contributed by atoms with Gasteiger partial charge in [0.1, 0.15) is 0 Å². The molecule has 0 fully saturated rings. The van der Waals surface area contributed by atoms with Crippen molar-refractivity contribution in [1.82, 2.24) is 10.3 Å².